The lowest BCUT2D eigenvalue weighted by molar-refractivity contribution is 0.145. The van der Waals surface area contributed by atoms with Crippen molar-refractivity contribution in [1.29, 1.82) is 0 Å². The number of hydrogen-bond donors (Lipinski definition) is 1. The second kappa shape index (κ2) is 6.17. The highest BCUT2D eigenvalue weighted by Crippen LogP contribution is 2.34. The van der Waals surface area contributed by atoms with E-state index in [1.165, 1.54) is 29.2 Å². The summed E-state index contributed by atoms with van der Waals surface area (Å²) in [4.78, 5) is 2.60. The van der Waals surface area contributed by atoms with Crippen molar-refractivity contribution in [2.45, 2.75) is 51.2 Å². The maximum absolute atomic E-state index is 6.59. The van der Waals surface area contributed by atoms with Gasteiger partial charge in [-0.05, 0) is 49.6 Å². The molecule has 2 aromatic carbocycles. The highest BCUT2D eigenvalue weighted by atomic mass is 15.2. The molecule has 1 aliphatic rings. The molecule has 21 heavy (non-hydrogen) atoms. The molecule has 2 N–H and O–H groups in total. The first-order chi connectivity index (χ1) is 10.2. The third kappa shape index (κ3) is 2.83. The molecule has 1 heterocycles. The molecule has 1 aliphatic heterocycles. The zero-order chi connectivity index (χ0) is 14.8. The minimum absolute atomic E-state index is 0.223. The molecule has 112 valence electrons. The molecular weight excluding hydrogens is 256 g/mol. The van der Waals surface area contributed by atoms with Crippen LogP contribution in [0, 0.1) is 0 Å². The summed E-state index contributed by atoms with van der Waals surface area (Å²) in [5.74, 6) is 0. The van der Waals surface area contributed by atoms with Gasteiger partial charge in [0.2, 0.25) is 0 Å². The molecule has 2 atom stereocenters. The van der Waals surface area contributed by atoms with Crippen molar-refractivity contribution in [3.05, 3.63) is 48.0 Å². The fourth-order valence-corrected chi connectivity index (χ4v) is 3.71. The Kier molecular flexibility index (Phi) is 4.27. The Balaban J connectivity index is 2.12. The van der Waals surface area contributed by atoms with Crippen molar-refractivity contribution in [3.63, 3.8) is 0 Å². The lowest BCUT2D eigenvalue weighted by Crippen LogP contribution is -2.43. The highest BCUT2D eigenvalue weighted by molar-refractivity contribution is 5.86. The van der Waals surface area contributed by atoms with Crippen LogP contribution in [0.25, 0.3) is 10.8 Å². The molecule has 0 aliphatic carbocycles. The van der Waals surface area contributed by atoms with Gasteiger partial charge in [-0.1, -0.05) is 48.9 Å². The molecule has 2 aromatic rings. The Labute approximate surface area is 127 Å². The van der Waals surface area contributed by atoms with Gasteiger partial charge < -0.3 is 5.73 Å². The van der Waals surface area contributed by atoms with Crippen LogP contribution in [0.1, 0.15) is 44.7 Å². The summed E-state index contributed by atoms with van der Waals surface area (Å²) in [5, 5.41) is 2.67. The highest BCUT2D eigenvalue weighted by Gasteiger charge is 2.31. The van der Waals surface area contributed by atoms with Crippen LogP contribution in [0.3, 0.4) is 0 Å². The molecule has 0 spiro atoms. The average molecular weight is 282 g/mol. The molecule has 2 heteroatoms. The van der Waals surface area contributed by atoms with Crippen LogP contribution >= 0.6 is 0 Å². The largest absolute Gasteiger partial charge is 0.326 e. The number of nitrogens with zero attached hydrogens (tertiary/aromatic N) is 1. The Bertz CT molecular complexity index is 600. The van der Waals surface area contributed by atoms with Crippen molar-refractivity contribution >= 4 is 10.8 Å². The third-order valence-corrected chi connectivity index (χ3v) is 4.77. The van der Waals surface area contributed by atoms with E-state index < -0.39 is 0 Å². The van der Waals surface area contributed by atoms with Crippen LogP contribution in [0.5, 0.6) is 0 Å². The minimum Gasteiger partial charge on any atom is -0.326 e. The van der Waals surface area contributed by atoms with Crippen molar-refractivity contribution in [3.8, 4) is 0 Å². The van der Waals surface area contributed by atoms with E-state index in [-0.39, 0.29) is 6.04 Å². The lowest BCUT2D eigenvalue weighted by Gasteiger charge is -2.37. The van der Waals surface area contributed by atoms with E-state index in [1.807, 2.05) is 0 Å². The number of fused-ring (bicyclic) bond motifs is 1. The van der Waals surface area contributed by atoms with Crippen LogP contribution < -0.4 is 5.73 Å². The Morgan fingerprint density at radius 2 is 1.81 bits per heavy atom. The maximum Gasteiger partial charge on any atom is 0.0507 e. The van der Waals surface area contributed by atoms with Gasteiger partial charge in [0.1, 0.15) is 0 Å². The van der Waals surface area contributed by atoms with E-state index in [1.54, 1.807) is 0 Å². The van der Waals surface area contributed by atoms with Gasteiger partial charge >= 0.3 is 0 Å². The Morgan fingerprint density at radius 3 is 2.62 bits per heavy atom. The number of nitrogens with two attached hydrogens (primary N) is 1. The fraction of sp³-hybridized carbons (Fsp3) is 0.474. The summed E-state index contributed by atoms with van der Waals surface area (Å²) >= 11 is 0. The standard InChI is InChI=1S/C19H26N2/c1-14(2)21-13-6-5-12-18(20)19(21)17-11-7-9-15-8-3-4-10-16(15)17/h3-4,7-11,14,18-19H,5-6,12-13,20H2,1-2H3. The molecule has 0 amide bonds. The SMILES string of the molecule is CC(C)N1CCCCC(N)C1c1cccc2ccccc12. The van der Waals surface area contributed by atoms with Crippen LogP contribution in [0.15, 0.2) is 42.5 Å². The molecule has 3 rings (SSSR count). The molecule has 2 unspecified atom stereocenters. The summed E-state index contributed by atoms with van der Waals surface area (Å²) in [6, 6.07) is 16.4. The van der Waals surface area contributed by atoms with Gasteiger partial charge in [-0.3, -0.25) is 4.90 Å². The smallest absolute Gasteiger partial charge is 0.0507 e. The number of likely N-dealkylation sites (tertiary alicyclic amines) is 1. The zero-order valence-corrected chi connectivity index (χ0v) is 13.1. The lowest BCUT2D eigenvalue weighted by atomic mass is 9.91. The summed E-state index contributed by atoms with van der Waals surface area (Å²) in [7, 11) is 0. The van der Waals surface area contributed by atoms with E-state index in [4.69, 9.17) is 5.73 Å². The third-order valence-electron chi connectivity index (χ3n) is 4.77. The summed E-state index contributed by atoms with van der Waals surface area (Å²) < 4.78 is 0. The van der Waals surface area contributed by atoms with E-state index >= 15 is 0 Å². The number of benzene rings is 2. The second-order valence-corrected chi connectivity index (χ2v) is 6.50. The first-order valence-corrected chi connectivity index (χ1v) is 8.17. The zero-order valence-electron chi connectivity index (χ0n) is 13.1. The van der Waals surface area contributed by atoms with Gasteiger partial charge in [-0.15, -0.1) is 0 Å². The van der Waals surface area contributed by atoms with Gasteiger partial charge in [0, 0.05) is 12.1 Å². The normalized spacial score (nSPS) is 24.4. The van der Waals surface area contributed by atoms with Crippen LogP contribution in [-0.2, 0) is 0 Å². The monoisotopic (exact) mass is 282 g/mol. The van der Waals surface area contributed by atoms with Crippen LogP contribution in [-0.4, -0.2) is 23.5 Å². The molecule has 0 aromatic heterocycles. The Morgan fingerprint density at radius 1 is 1.05 bits per heavy atom. The Hall–Kier alpha value is -1.38. The van der Waals surface area contributed by atoms with Gasteiger partial charge in [0.25, 0.3) is 0 Å². The van der Waals surface area contributed by atoms with Crippen molar-refractivity contribution in [2.75, 3.05) is 6.54 Å². The molecular formula is C19H26N2. The van der Waals surface area contributed by atoms with Gasteiger partial charge in [-0.2, -0.15) is 0 Å². The minimum atomic E-state index is 0.223. The van der Waals surface area contributed by atoms with Gasteiger partial charge in [-0.25, -0.2) is 0 Å². The van der Waals surface area contributed by atoms with E-state index in [9.17, 15) is 0 Å². The average Bonchev–Trinajstić information content (AvgIpc) is 2.68. The maximum atomic E-state index is 6.59. The molecule has 1 saturated heterocycles. The first kappa shape index (κ1) is 14.6. The molecule has 1 fully saturated rings. The van der Waals surface area contributed by atoms with E-state index in [0.29, 0.717) is 12.1 Å². The molecule has 0 saturated carbocycles. The predicted molar refractivity (Wildman–Crippen MR) is 90.4 cm³/mol. The van der Waals surface area contributed by atoms with Gasteiger partial charge in [0.05, 0.1) is 6.04 Å². The van der Waals surface area contributed by atoms with E-state index in [0.717, 1.165) is 13.0 Å². The number of rotatable bonds is 2. The summed E-state index contributed by atoms with van der Waals surface area (Å²) in [5.41, 5.74) is 7.99. The molecule has 0 radical (unpaired) electrons. The summed E-state index contributed by atoms with van der Waals surface area (Å²) in [6.45, 7) is 5.73. The van der Waals surface area contributed by atoms with Crippen molar-refractivity contribution in [1.82, 2.24) is 4.90 Å². The predicted octanol–water partition coefficient (Wildman–Crippen LogP) is 4.10. The quantitative estimate of drug-likeness (QED) is 0.898. The van der Waals surface area contributed by atoms with Crippen LogP contribution in [0.2, 0.25) is 0 Å². The molecule has 2 nitrogen and oxygen atoms in total. The first-order valence-electron chi connectivity index (χ1n) is 8.17. The molecule has 0 bridgehead atoms. The van der Waals surface area contributed by atoms with Crippen LogP contribution in [0.4, 0.5) is 0 Å². The van der Waals surface area contributed by atoms with Crippen molar-refractivity contribution in [2.24, 2.45) is 5.73 Å². The fourth-order valence-electron chi connectivity index (χ4n) is 3.71. The van der Waals surface area contributed by atoms with Crippen molar-refractivity contribution < 1.29 is 0 Å². The van der Waals surface area contributed by atoms with E-state index in [2.05, 4.69) is 61.2 Å². The summed E-state index contributed by atoms with van der Waals surface area (Å²) in [6.07, 6.45) is 3.62. The topological polar surface area (TPSA) is 29.3 Å². The number of hydrogen-bond acceptors (Lipinski definition) is 2. The van der Waals surface area contributed by atoms with Gasteiger partial charge in [0.15, 0.2) is 0 Å². The second-order valence-electron chi connectivity index (χ2n) is 6.50.